The molecule has 0 fully saturated rings. The fourth-order valence-electron chi connectivity index (χ4n) is 3.66. The van der Waals surface area contributed by atoms with E-state index in [4.69, 9.17) is 19.7 Å². The second-order valence-electron chi connectivity index (χ2n) is 6.95. The molecule has 0 amide bonds. The molecule has 0 saturated carbocycles. The van der Waals surface area contributed by atoms with Gasteiger partial charge in [-0.1, -0.05) is 30.3 Å². The van der Waals surface area contributed by atoms with E-state index in [1.54, 1.807) is 14.0 Å². The number of para-hydroxylation sites is 1. The third-order valence-corrected chi connectivity index (χ3v) is 5.07. The number of pyridine rings is 1. The normalized spacial score (nSPS) is 15.0. The number of nitrogens with zero attached hydrogens (tertiary/aromatic N) is 2. The van der Waals surface area contributed by atoms with Gasteiger partial charge >= 0.3 is 5.97 Å². The first kappa shape index (κ1) is 18.7. The second kappa shape index (κ2) is 7.76. The van der Waals surface area contributed by atoms with Gasteiger partial charge in [0, 0.05) is 5.39 Å². The van der Waals surface area contributed by atoms with Gasteiger partial charge in [0.05, 0.1) is 23.9 Å². The molecule has 0 aliphatic heterocycles. The van der Waals surface area contributed by atoms with Crippen molar-refractivity contribution in [3.05, 3.63) is 70.9 Å². The Labute approximate surface area is 169 Å². The highest BCUT2D eigenvalue weighted by Gasteiger charge is 2.28. The average molecular weight is 384 g/mol. The number of methoxy groups -OCH3 is 1. The topological polar surface area (TPSA) is 72.2 Å². The van der Waals surface area contributed by atoms with Gasteiger partial charge in [-0.15, -0.1) is 0 Å². The summed E-state index contributed by atoms with van der Waals surface area (Å²) in [6.45, 7) is 1.57. The number of carbonyl (C=O) groups excluding carboxylic acids is 1. The number of nitriles is 1. The van der Waals surface area contributed by atoms with Crippen LogP contribution < -0.4 is 4.74 Å². The van der Waals surface area contributed by atoms with E-state index in [0.717, 1.165) is 45.5 Å². The molecule has 3 aromatic rings. The molecule has 0 N–H and O–H groups in total. The number of esters is 1. The Balaban J connectivity index is 1.83. The molecule has 0 saturated heterocycles. The lowest BCUT2D eigenvalue weighted by Crippen LogP contribution is -2.16. The largest absolute Gasteiger partial charge is 0.497 e. The molecule has 1 aliphatic rings. The Morgan fingerprint density at radius 3 is 2.66 bits per heavy atom. The molecule has 1 unspecified atom stereocenters. The lowest BCUT2D eigenvalue weighted by Gasteiger charge is -2.13. The lowest BCUT2D eigenvalue weighted by atomic mass is 10.0. The van der Waals surface area contributed by atoms with E-state index < -0.39 is 12.1 Å². The summed E-state index contributed by atoms with van der Waals surface area (Å²) in [5.41, 5.74) is 5.11. The Kier molecular flexibility index (Phi) is 5.01. The van der Waals surface area contributed by atoms with Gasteiger partial charge in [0.1, 0.15) is 11.8 Å². The van der Waals surface area contributed by atoms with Crippen molar-refractivity contribution in [2.24, 2.45) is 0 Å². The van der Waals surface area contributed by atoms with E-state index in [1.165, 1.54) is 0 Å². The predicted octanol–water partition coefficient (Wildman–Crippen LogP) is 4.80. The van der Waals surface area contributed by atoms with E-state index in [-0.39, 0.29) is 0 Å². The first-order valence-corrected chi connectivity index (χ1v) is 9.48. The van der Waals surface area contributed by atoms with Crippen LogP contribution in [0.25, 0.3) is 22.6 Å². The van der Waals surface area contributed by atoms with Gasteiger partial charge in [-0.05, 0) is 60.7 Å². The van der Waals surface area contributed by atoms with Crippen LogP contribution in [0.1, 0.15) is 40.5 Å². The molecule has 2 aromatic carbocycles. The summed E-state index contributed by atoms with van der Waals surface area (Å²) in [5.74, 6) is 0.333. The van der Waals surface area contributed by atoms with Crippen LogP contribution >= 0.6 is 0 Å². The smallest absolute Gasteiger partial charge is 0.340 e. The van der Waals surface area contributed by atoms with Crippen molar-refractivity contribution in [2.75, 3.05) is 7.11 Å². The Hall–Kier alpha value is -3.65. The van der Waals surface area contributed by atoms with Crippen molar-refractivity contribution in [3.8, 4) is 11.8 Å². The average Bonchev–Trinajstić information content (AvgIpc) is 3.14. The van der Waals surface area contributed by atoms with Crippen molar-refractivity contribution in [2.45, 2.75) is 25.9 Å². The van der Waals surface area contributed by atoms with E-state index in [9.17, 15) is 4.79 Å². The summed E-state index contributed by atoms with van der Waals surface area (Å²) < 4.78 is 10.6. The van der Waals surface area contributed by atoms with E-state index in [1.807, 2.05) is 54.6 Å². The summed E-state index contributed by atoms with van der Waals surface area (Å²) in [6.07, 6.45) is 2.79. The van der Waals surface area contributed by atoms with Crippen molar-refractivity contribution in [3.63, 3.8) is 0 Å². The van der Waals surface area contributed by atoms with Crippen LogP contribution in [-0.2, 0) is 11.2 Å². The van der Waals surface area contributed by atoms with Gasteiger partial charge in [0.25, 0.3) is 0 Å². The third kappa shape index (κ3) is 3.57. The Morgan fingerprint density at radius 1 is 1.17 bits per heavy atom. The Bertz CT molecular complexity index is 1160. The van der Waals surface area contributed by atoms with Crippen LogP contribution in [0.3, 0.4) is 0 Å². The molecule has 29 heavy (non-hydrogen) atoms. The number of carbonyl (C=O) groups is 1. The monoisotopic (exact) mass is 384 g/mol. The number of hydrogen-bond donors (Lipinski definition) is 0. The van der Waals surface area contributed by atoms with Gasteiger partial charge in [-0.2, -0.15) is 5.26 Å². The molecule has 0 spiro atoms. The summed E-state index contributed by atoms with van der Waals surface area (Å²) in [5, 5.41) is 9.78. The van der Waals surface area contributed by atoms with Gasteiger partial charge in [0.15, 0.2) is 6.10 Å². The van der Waals surface area contributed by atoms with E-state index in [0.29, 0.717) is 12.0 Å². The standard InChI is InChI=1S/C24H20N2O3/c1-15(14-25)29-24(27)22-19-5-3-4-6-21(19)26-23-17(9-12-20(22)23)13-16-7-10-18(28-2)11-8-16/h3-8,10-11,13,15H,9,12H2,1-2H3/b17-13+. The van der Waals surface area contributed by atoms with E-state index in [2.05, 4.69) is 6.08 Å². The maximum atomic E-state index is 12.9. The molecule has 0 radical (unpaired) electrons. The minimum Gasteiger partial charge on any atom is -0.497 e. The lowest BCUT2D eigenvalue weighted by molar-refractivity contribution is 0.0436. The van der Waals surface area contributed by atoms with Crippen LogP contribution in [0, 0.1) is 11.3 Å². The fourth-order valence-corrected chi connectivity index (χ4v) is 3.66. The number of ether oxygens (including phenoxy) is 2. The molecule has 1 atom stereocenters. The minimum atomic E-state index is -0.805. The number of aromatic nitrogens is 1. The van der Waals surface area contributed by atoms with Gasteiger partial charge in [-0.3, -0.25) is 0 Å². The fraction of sp³-hybridized carbons (Fsp3) is 0.208. The molecule has 5 nitrogen and oxygen atoms in total. The second-order valence-corrected chi connectivity index (χ2v) is 6.95. The van der Waals surface area contributed by atoms with Crippen LogP contribution in [0.4, 0.5) is 0 Å². The van der Waals surface area contributed by atoms with Crippen LogP contribution in [0.5, 0.6) is 5.75 Å². The number of fused-ring (bicyclic) bond motifs is 2. The highest BCUT2D eigenvalue weighted by atomic mass is 16.5. The summed E-state index contributed by atoms with van der Waals surface area (Å²) in [6, 6.07) is 17.3. The van der Waals surface area contributed by atoms with Crippen molar-refractivity contribution in [1.82, 2.24) is 4.98 Å². The zero-order valence-corrected chi connectivity index (χ0v) is 16.3. The maximum absolute atomic E-state index is 12.9. The summed E-state index contributed by atoms with van der Waals surface area (Å²) in [4.78, 5) is 17.7. The van der Waals surface area contributed by atoms with Crippen LogP contribution in [0.2, 0.25) is 0 Å². The zero-order chi connectivity index (χ0) is 20.4. The molecule has 144 valence electrons. The molecule has 0 bridgehead atoms. The molecular formula is C24H20N2O3. The predicted molar refractivity (Wildman–Crippen MR) is 111 cm³/mol. The van der Waals surface area contributed by atoms with Gasteiger partial charge in [0.2, 0.25) is 0 Å². The Morgan fingerprint density at radius 2 is 1.93 bits per heavy atom. The van der Waals surface area contributed by atoms with Crippen LogP contribution in [0.15, 0.2) is 48.5 Å². The number of rotatable bonds is 4. The SMILES string of the molecule is COc1ccc(/C=C2\CCc3c2nc2ccccc2c3C(=O)OC(C)C#N)cc1. The molecule has 4 rings (SSSR count). The molecule has 1 aromatic heterocycles. The highest BCUT2D eigenvalue weighted by Crippen LogP contribution is 2.38. The molecule has 1 heterocycles. The van der Waals surface area contributed by atoms with Crippen molar-refractivity contribution >= 4 is 28.5 Å². The van der Waals surface area contributed by atoms with Crippen LogP contribution in [-0.4, -0.2) is 24.2 Å². The minimum absolute atomic E-state index is 0.473. The van der Waals surface area contributed by atoms with Gasteiger partial charge < -0.3 is 9.47 Å². The summed E-state index contributed by atoms with van der Waals surface area (Å²) in [7, 11) is 1.64. The number of allylic oxidation sites excluding steroid dienone is 1. The molecule has 1 aliphatic carbocycles. The van der Waals surface area contributed by atoms with Gasteiger partial charge in [-0.25, -0.2) is 9.78 Å². The molecular weight excluding hydrogens is 364 g/mol. The number of benzene rings is 2. The van der Waals surface area contributed by atoms with Crippen molar-refractivity contribution < 1.29 is 14.3 Å². The first-order valence-electron chi connectivity index (χ1n) is 9.48. The quantitative estimate of drug-likeness (QED) is 0.604. The molecule has 5 heteroatoms. The summed E-state index contributed by atoms with van der Waals surface area (Å²) >= 11 is 0. The van der Waals surface area contributed by atoms with E-state index >= 15 is 0 Å². The van der Waals surface area contributed by atoms with Crippen molar-refractivity contribution in [1.29, 1.82) is 5.26 Å². The first-order chi connectivity index (χ1) is 14.1. The number of hydrogen-bond acceptors (Lipinski definition) is 5. The zero-order valence-electron chi connectivity index (χ0n) is 16.3. The highest BCUT2D eigenvalue weighted by molar-refractivity contribution is 6.07. The third-order valence-electron chi connectivity index (χ3n) is 5.07. The maximum Gasteiger partial charge on any atom is 0.340 e.